The van der Waals surface area contributed by atoms with E-state index in [0.717, 1.165) is 41.4 Å². The summed E-state index contributed by atoms with van der Waals surface area (Å²) in [6, 6.07) is 11.5. The average molecular weight is 413 g/mol. The largest absolute Gasteiger partial charge is 0.484 e. The van der Waals surface area contributed by atoms with Gasteiger partial charge in [0.1, 0.15) is 16.6 Å². The second-order valence-corrected chi connectivity index (χ2v) is 8.24. The van der Waals surface area contributed by atoms with Crippen molar-refractivity contribution < 1.29 is 9.53 Å². The Morgan fingerprint density at radius 1 is 1.24 bits per heavy atom. The first-order valence-corrected chi connectivity index (χ1v) is 10.7. The standard InChI is InChI=1S/C21H24N4O3S/c1-15-5-2-3-6-17(15)28-14-19(26)24-10-8-16(9-11-24)13-18-22-23-21(27)25(18)20-7-4-12-29-20/h2-7,12,16H,8-11,13-14H2,1H3,(H,23,27). The summed E-state index contributed by atoms with van der Waals surface area (Å²) < 4.78 is 7.34. The zero-order valence-corrected chi connectivity index (χ0v) is 17.2. The number of aryl methyl sites for hydroxylation is 1. The van der Waals surface area contributed by atoms with E-state index in [1.807, 2.05) is 53.6 Å². The molecule has 0 aliphatic carbocycles. The number of hydrogen-bond donors (Lipinski definition) is 1. The van der Waals surface area contributed by atoms with Gasteiger partial charge in [0.15, 0.2) is 6.61 Å². The van der Waals surface area contributed by atoms with Crippen LogP contribution in [0.2, 0.25) is 0 Å². The van der Waals surface area contributed by atoms with E-state index in [1.165, 1.54) is 11.3 Å². The topological polar surface area (TPSA) is 80.2 Å². The fourth-order valence-corrected chi connectivity index (χ4v) is 4.43. The Balaban J connectivity index is 1.31. The van der Waals surface area contributed by atoms with E-state index in [9.17, 15) is 9.59 Å². The summed E-state index contributed by atoms with van der Waals surface area (Å²) >= 11 is 1.52. The molecule has 152 valence electrons. The lowest BCUT2D eigenvalue weighted by atomic mass is 9.93. The number of hydrogen-bond acceptors (Lipinski definition) is 5. The molecule has 2 aromatic heterocycles. The first kappa shape index (κ1) is 19.4. The predicted octanol–water partition coefficient (Wildman–Crippen LogP) is 2.79. The normalized spacial score (nSPS) is 14.9. The fourth-order valence-electron chi connectivity index (χ4n) is 3.68. The smallest absolute Gasteiger partial charge is 0.348 e. The lowest BCUT2D eigenvalue weighted by Gasteiger charge is -2.31. The van der Waals surface area contributed by atoms with Gasteiger partial charge in [-0.2, -0.15) is 5.10 Å². The third kappa shape index (κ3) is 4.42. The second kappa shape index (κ2) is 8.65. The van der Waals surface area contributed by atoms with Gasteiger partial charge in [-0.15, -0.1) is 11.3 Å². The molecular formula is C21H24N4O3S. The maximum Gasteiger partial charge on any atom is 0.348 e. The Bertz CT molecular complexity index is 1020. The van der Waals surface area contributed by atoms with Crippen molar-refractivity contribution in [1.29, 1.82) is 0 Å². The number of ether oxygens (including phenoxy) is 1. The van der Waals surface area contributed by atoms with Crippen molar-refractivity contribution >= 4 is 17.2 Å². The van der Waals surface area contributed by atoms with Gasteiger partial charge in [0.2, 0.25) is 0 Å². The molecule has 1 aliphatic heterocycles. The van der Waals surface area contributed by atoms with E-state index in [1.54, 1.807) is 4.57 Å². The Morgan fingerprint density at radius 2 is 2.03 bits per heavy atom. The molecule has 1 aliphatic rings. The van der Waals surface area contributed by atoms with Crippen LogP contribution in [0.4, 0.5) is 0 Å². The number of thiophene rings is 1. The molecule has 4 rings (SSSR count). The molecule has 1 amide bonds. The van der Waals surface area contributed by atoms with Gasteiger partial charge in [0.25, 0.3) is 5.91 Å². The van der Waals surface area contributed by atoms with Gasteiger partial charge in [-0.3, -0.25) is 4.79 Å². The molecule has 0 spiro atoms. The molecule has 1 saturated heterocycles. The fraction of sp³-hybridized carbons (Fsp3) is 0.381. The van der Waals surface area contributed by atoms with E-state index in [0.29, 0.717) is 19.0 Å². The maximum atomic E-state index is 12.5. The Labute approximate surface area is 172 Å². The predicted molar refractivity (Wildman–Crippen MR) is 112 cm³/mol. The van der Waals surface area contributed by atoms with Crippen molar-refractivity contribution in [3.8, 4) is 10.8 Å². The summed E-state index contributed by atoms with van der Waals surface area (Å²) in [5.74, 6) is 1.91. The average Bonchev–Trinajstić information content (AvgIpc) is 3.37. The summed E-state index contributed by atoms with van der Waals surface area (Å²) in [5, 5.41) is 9.61. The lowest BCUT2D eigenvalue weighted by molar-refractivity contribution is -0.134. The Kier molecular flexibility index (Phi) is 5.80. The number of H-pyrrole nitrogens is 1. The van der Waals surface area contributed by atoms with Crippen molar-refractivity contribution in [3.05, 3.63) is 63.7 Å². The second-order valence-electron chi connectivity index (χ2n) is 7.31. The molecule has 0 unspecified atom stereocenters. The van der Waals surface area contributed by atoms with Gasteiger partial charge in [0, 0.05) is 19.5 Å². The SMILES string of the molecule is Cc1ccccc1OCC(=O)N1CCC(Cc2n[nH]c(=O)n2-c2cccs2)CC1. The minimum atomic E-state index is -0.205. The summed E-state index contributed by atoms with van der Waals surface area (Å²) in [4.78, 5) is 26.5. The number of rotatable bonds is 6. The number of likely N-dealkylation sites (tertiary alicyclic amines) is 1. The van der Waals surface area contributed by atoms with Crippen LogP contribution in [0.15, 0.2) is 46.6 Å². The Morgan fingerprint density at radius 3 is 2.76 bits per heavy atom. The number of amides is 1. The molecule has 8 heteroatoms. The number of carbonyl (C=O) groups is 1. The molecule has 1 fully saturated rings. The number of nitrogens with zero attached hydrogens (tertiary/aromatic N) is 3. The van der Waals surface area contributed by atoms with Crippen LogP contribution in [0.3, 0.4) is 0 Å². The number of para-hydroxylation sites is 1. The molecule has 0 bridgehead atoms. The van der Waals surface area contributed by atoms with Crippen LogP contribution in [0, 0.1) is 12.8 Å². The molecule has 0 saturated carbocycles. The molecule has 1 aromatic carbocycles. The highest BCUT2D eigenvalue weighted by molar-refractivity contribution is 7.12. The highest BCUT2D eigenvalue weighted by Crippen LogP contribution is 2.23. The van der Waals surface area contributed by atoms with Crippen LogP contribution in [0.25, 0.3) is 5.00 Å². The van der Waals surface area contributed by atoms with Crippen molar-refractivity contribution in [3.63, 3.8) is 0 Å². The van der Waals surface area contributed by atoms with Crippen molar-refractivity contribution in [2.24, 2.45) is 5.92 Å². The molecule has 3 aromatic rings. The minimum Gasteiger partial charge on any atom is -0.484 e. The molecular weight excluding hydrogens is 388 g/mol. The van der Waals surface area contributed by atoms with Crippen molar-refractivity contribution in [1.82, 2.24) is 19.7 Å². The van der Waals surface area contributed by atoms with Crippen LogP contribution in [0.1, 0.15) is 24.2 Å². The quantitative estimate of drug-likeness (QED) is 0.675. The zero-order valence-electron chi connectivity index (χ0n) is 16.3. The van der Waals surface area contributed by atoms with Crippen LogP contribution in [-0.4, -0.2) is 45.3 Å². The number of aromatic nitrogens is 3. The molecule has 7 nitrogen and oxygen atoms in total. The van der Waals surface area contributed by atoms with Crippen molar-refractivity contribution in [2.75, 3.05) is 19.7 Å². The molecule has 0 radical (unpaired) electrons. The summed E-state index contributed by atoms with van der Waals surface area (Å²) in [5.41, 5.74) is 0.818. The van der Waals surface area contributed by atoms with E-state index in [4.69, 9.17) is 4.74 Å². The number of carbonyl (C=O) groups excluding carboxylic acids is 1. The lowest BCUT2D eigenvalue weighted by Crippen LogP contribution is -2.41. The highest BCUT2D eigenvalue weighted by Gasteiger charge is 2.25. The summed E-state index contributed by atoms with van der Waals surface area (Å²) in [6.45, 7) is 3.44. The third-order valence-corrected chi connectivity index (χ3v) is 6.20. The van der Waals surface area contributed by atoms with E-state index in [2.05, 4.69) is 10.2 Å². The molecule has 0 atom stereocenters. The van der Waals surface area contributed by atoms with Gasteiger partial charge in [-0.1, -0.05) is 18.2 Å². The van der Waals surface area contributed by atoms with Crippen LogP contribution in [-0.2, 0) is 11.2 Å². The molecule has 1 N–H and O–H groups in total. The summed E-state index contributed by atoms with van der Waals surface area (Å²) in [7, 11) is 0. The van der Waals surface area contributed by atoms with Gasteiger partial charge in [-0.25, -0.2) is 14.5 Å². The first-order chi connectivity index (χ1) is 14.1. The number of nitrogens with one attached hydrogen (secondary N) is 1. The summed E-state index contributed by atoms with van der Waals surface area (Å²) in [6.07, 6.45) is 2.50. The van der Waals surface area contributed by atoms with E-state index < -0.39 is 0 Å². The van der Waals surface area contributed by atoms with Crippen molar-refractivity contribution in [2.45, 2.75) is 26.2 Å². The molecule has 3 heterocycles. The zero-order chi connectivity index (χ0) is 20.2. The van der Waals surface area contributed by atoms with Crippen LogP contribution in [0.5, 0.6) is 5.75 Å². The highest BCUT2D eigenvalue weighted by atomic mass is 32.1. The number of piperidine rings is 1. The van der Waals surface area contributed by atoms with Crippen LogP contribution < -0.4 is 10.4 Å². The number of benzene rings is 1. The van der Waals surface area contributed by atoms with Gasteiger partial charge in [-0.05, 0) is 54.8 Å². The molecule has 29 heavy (non-hydrogen) atoms. The van der Waals surface area contributed by atoms with E-state index in [-0.39, 0.29) is 18.2 Å². The monoisotopic (exact) mass is 412 g/mol. The van der Waals surface area contributed by atoms with E-state index >= 15 is 0 Å². The first-order valence-electron chi connectivity index (χ1n) is 9.78. The third-order valence-electron chi connectivity index (χ3n) is 5.35. The maximum absolute atomic E-state index is 12.5. The van der Waals surface area contributed by atoms with Crippen LogP contribution >= 0.6 is 11.3 Å². The Hall–Kier alpha value is -2.87. The number of aromatic amines is 1. The van der Waals surface area contributed by atoms with Gasteiger partial charge in [0.05, 0.1) is 0 Å². The minimum absolute atomic E-state index is 0.0157. The van der Waals surface area contributed by atoms with Gasteiger partial charge < -0.3 is 9.64 Å². The van der Waals surface area contributed by atoms with Gasteiger partial charge >= 0.3 is 5.69 Å².